The van der Waals surface area contributed by atoms with Crippen molar-refractivity contribution >= 4 is 57.8 Å². The van der Waals surface area contributed by atoms with E-state index in [4.69, 9.17) is 40.2 Å². The smallest absolute Gasteiger partial charge is 0.279 e. The molecule has 1 unspecified atom stereocenters. The van der Waals surface area contributed by atoms with E-state index in [0.29, 0.717) is 33.0 Å². The number of carbonyl (C=O) groups is 1. The molecule has 0 aliphatic rings. The summed E-state index contributed by atoms with van der Waals surface area (Å²) in [6, 6.07) is 12.0. The van der Waals surface area contributed by atoms with Crippen molar-refractivity contribution in [3.8, 4) is 0 Å². The van der Waals surface area contributed by atoms with Crippen molar-refractivity contribution in [2.75, 3.05) is 6.54 Å². The highest BCUT2D eigenvalue weighted by atomic mass is 35.5. The average molecular weight is 454 g/mol. The number of carbonyl (C=O) groups excluding carboxylic acids is 1. The van der Waals surface area contributed by atoms with Crippen molar-refractivity contribution in [1.82, 2.24) is 10.9 Å². The van der Waals surface area contributed by atoms with Crippen LogP contribution in [0.1, 0.15) is 32.3 Å². The van der Waals surface area contributed by atoms with Gasteiger partial charge in [0.15, 0.2) is 0 Å². The highest BCUT2D eigenvalue weighted by Crippen LogP contribution is 2.30. The molecule has 0 heterocycles. The number of nitrogens with one attached hydrogen (secondary N) is 3. The number of benzene rings is 2. The first-order valence-electron chi connectivity index (χ1n) is 9.24. The molecular formula is C21H23Cl3N4O. The Labute approximate surface area is 185 Å². The Hall–Kier alpha value is -1.92. The summed E-state index contributed by atoms with van der Waals surface area (Å²) in [7, 11) is 0. The number of hydrogen-bond donors (Lipinski definition) is 3. The Kier molecular flexibility index (Phi) is 9.11. The van der Waals surface area contributed by atoms with Crippen LogP contribution in [-0.2, 0) is 4.79 Å². The van der Waals surface area contributed by atoms with E-state index in [1.54, 1.807) is 49.4 Å². The molecule has 2 aromatic rings. The van der Waals surface area contributed by atoms with Crippen molar-refractivity contribution in [2.45, 2.75) is 26.7 Å². The molecule has 1 atom stereocenters. The summed E-state index contributed by atoms with van der Waals surface area (Å²) in [6.07, 6.45) is 1.93. The van der Waals surface area contributed by atoms with Gasteiger partial charge in [-0.25, -0.2) is 5.43 Å². The van der Waals surface area contributed by atoms with Crippen molar-refractivity contribution in [2.24, 2.45) is 10.9 Å². The van der Waals surface area contributed by atoms with Gasteiger partial charge in [0, 0.05) is 22.5 Å². The van der Waals surface area contributed by atoms with E-state index in [-0.39, 0.29) is 5.71 Å². The third kappa shape index (κ3) is 6.82. The minimum absolute atomic E-state index is 0.118. The van der Waals surface area contributed by atoms with Crippen LogP contribution in [-0.4, -0.2) is 23.9 Å². The highest BCUT2D eigenvalue weighted by Gasteiger charge is 2.23. The second-order valence-corrected chi connectivity index (χ2v) is 7.75. The molecule has 0 saturated heterocycles. The highest BCUT2D eigenvalue weighted by molar-refractivity contribution is 6.43. The maximum absolute atomic E-state index is 12.4. The van der Waals surface area contributed by atoms with E-state index in [1.807, 2.05) is 0 Å². The maximum Gasteiger partial charge on any atom is 0.279 e. The lowest BCUT2D eigenvalue weighted by Gasteiger charge is -2.17. The zero-order valence-electron chi connectivity index (χ0n) is 16.2. The molecule has 3 N–H and O–H groups in total. The van der Waals surface area contributed by atoms with Crippen LogP contribution >= 0.6 is 34.8 Å². The van der Waals surface area contributed by atoms with Gasteiger partial charge < -0.3 is 0 Å². The number of amides is 1. The topological polar surface area (TPSA) is 77.3 Å². The van der Waals surface area contributed by atoms with Crippen LogP contribution in [0, 0.1) is 11.3 Å². The Morgan fingerprint density at radius 2 is 1.76 bits per heavy atom. The Morgan fingerprint density at radius 1 is 1.10 bits per heavy atom. The van der Waals surface area contributed by atoms with Gasteiger partial charge in [-0.05, 0) is 42.3 Å². The fourth-order valence-electron chi connectivity index (χ4n) is 2.54. The van der Waals surface area contributed by atoms with Crippen molar-refractivity contribution < 1.29 is 4.79 Å². The number of halogens is 3. The van der Waals surface area contributed by atoms with E-state index in [9.17, 15) is 4.79 Å². The molecule has 1 amide bonds. The molecular weight excluding hydrogens is 431 g/mol. The first-order valence-corrected chi connectivity index (χ1v) is 10.4. The van der Waals surface area contributed by atoms with E-state index in [2.05, 4.69) is 22.8 Å². The molecule has 2 aromatic carbocycles. The number of rotatable bonds is 9. The first kappa shape index (κ1) is 23.4. The quantitative estimate of drug-likeness (QED) is 0.253. The van der Waals surface area contributed by atoms with E-state index in [1.165, 1.54) is 0 Å². The number of hydrogen-bond acceptors (Lipinski definition) is 4. The lowest BCUT2D eigenvalue weighted by atomic mass is 9.93. The molecule has 29 heavy (non-hydrogen) atoms. The van der Waals surface area contributed by atoms with Crippen LogP contribution in [0.3, 0.4) is 0 Å². The zero-order chi connectivity index (χ0) is 21.4. The second-order valence-electron chi connectivity index (χ2n) is 6.47. The van der Waals surface area contributed by atoms with Gasteiger partial charge >= 0.3 is 0 Å². The summed E-state index contributed by atoms with van der Waals surface area (Å²) >= 11 is 18.3. The molecule has 0 spiro atoms. The summed E-state index contributed by atoms with van der Waals surface area (Å²) in [5, 5.41) is 9.81. The minimum atomic E-state index is -0.587. The summed E-state index contributed by atoms with van der Waals surface area (Å²) in [6.45, 7) is 4.46. The third-order valence-electron chi connectivity index (χ3n) is 4.24. The first-order chi connectivity index (χ1) is 13.8. The third-order valence-corrected chi connectivity index (χ3v) is 5.03. The maximum atomic E-state index is 12.4. The molecule has 2 rings (SSSR count). The second kappa shape index (κ2) is 11.3. The lowest BCUT2D eigenvalue weighted by Crippen LogP contribution is -2.44. The molecule has 0 aliphatic heterocycles. The number of nitrogens with zero attached hydrogens (tertiary/aromatic N) is 1. The monoisotopic (exact) mass is 452 g/mol. The SMILES string of the molecule is CCCCNNC(=O)C(=N)C(C)C(=Nc1ccc(Cl)cc1Cl)c1ccc(Cl)cc1. The summed E-state index contributed by atoms with van der Waals surface area (Å²) in [4.78, 5) is 17.0. The van der Waals surface area contributed by atoms with Crippen LogP contribution in [0.2, 0.25) is 15.1 Å². The predicted molar refractivity (Wildman–Crippen MR) is 122 cm³/mol. The van der Waals surface area contributed by atoms with Gasteiger partial charge in [-0.3, -0.25) is 20.6 Å². The fraction of sp³-hybridized carbons (Fsp3) is 0.286. The Morgan fingerprint density at radius 3 is 2.38 bits per heavy atom. The summed E-state index contributed by atoms with van der Waals surface area (Å²) in [5.41, 5.74) is 7.05. The van der Waals surface area contributed by atoms with Crippen molar-refractivity contribution in [3.05, 3.63) is 63.1 Å². The molecule has 0 radical (unpaired) electrons. The van der Waals surface area contributed by atoms with Gasteiger partial charge in [-0.15, -0.1) is 0 Å². The van der Waals surface area contributed by atoms with Gasteiger partial charge in [0.1, 0.15) is 5.71 Å². The van der Waals surface area contributed by atoms with Crippen molar-refractivity contribution in [3.63, 3.8) is 0 Å². The largest absolute Gasteiger partial charge is 0.299 e. The van der Waals surface area contributed by atoms with E-state index < -0.39 is 11.8 Å². The molecule has 5 nitrogen and oxygen atoms in total. The number of unbranched alkanes of at least 4 members (excludes halogenated alkanes) is 1. The molecule has 0 fully saturated rings. The zero-order valence-corrected chi connectivity index (χ0v) is 18.5. The molecule has 0 aliphatic carbocycles. The van der Waals surface area contributed by atoms with Gasteiger partial charge in [0.05, 0.1) is 16.4 Å². The standard InChI is InChI=1S/C21H23Cl3N4O/c1-3-4-11-26-28-21(29)19(25)13(2)20(14-5-7-15(22)8-6-14)27-18-10-9-16(23)12-17(18)24/h5-10,12-13,25-26H,3-4,11H2,1-2H3,(H,28,29). The minimum Gasteiger partial charge on any atom is -0.299 e. The van der Waals surface area contributed by atoms with Gasteiger partial charge in [-0.1, -0.05) is 67.2 Å². The van der Waals surface area contributed by atoms with Crippen LogP contribution < -0.4 is 10.9 Å². The predicted octanol–water partition coefficient (Wildman–Crippen LogP) is 5.84. The summed E-state index contributed by atoms with van der Waals surface area (Å²) in [5.74, 6) is -1.09. The molecule has 8 heteroatoms. The number of aliphatic imine (C=N–C) groups is 1. The Bertz CT molecular complexity index is 897. The van der Waals surface area contributed by atoms with Crippen LogP contribution in [0.4, 0.5) is 5.69 Å². The van der Waals surface area contributed by atoms with Crippen LogP contribution in [0.15, 0.2) is 47.5 Å². The lowest BCUT2D eigenvalue weighted by molar-refractivity contribution is -0.116. The van der Waals surface area contributed by atoms with E-state index >= 15 is 0 Å². The van der Waals surface area contributed by atoms with Crippen LogP contribution in [0.25, 0.3) is 0 Å². The van der Waals surface area contributed by atoms with Gasteiger partial charge in [0.2, 0.25) is 0 Å². The van der Waals surface area contributed by atoms with Gasteiger partial charge in [0.25, 0.3) is 5.91 Å². The van der Waals surface area contributed by atoms with Gasteiger partial charge in [-0.2, -0.15) is 0 Å². The average Bonchev–Trinajstić information content (AvgIpc) is 2.70. The Balaban J connectivity index is 2.34. The molecule has 0 aromatic heterocycles. The number of hydrazine groups is 1. The van der Waals surface area contributed by atoms with Crippen molar-refractivity contribution in [1.29, 1.82) is 5.41 Å². The van der Waals surface area contributed by atoms with E-state index in [0.717, 1.165) is 18.4 Å². The normalized spacial score (nSPS) is 12.5. The molecule has 0 saturated carbocycles. The molecule has 154 valence electrons. The fourth-order valence-corrected chi connectivity index (χ4v) is 3.12. The molecule has 0 bridgehead atoms. The van der Waals surface area contributed by atoms with Crippen LogP contribution in [0.5, 0.6) is 0 Å². The summed E-state index contributed by atoms with van der Waals surface area (Å²) < 4.78 is 0.